The summed E-state index contributed by atoms with van der Waals surface area (Å²) in [4.78, 5) is 1.99. The van der Waals surface area contributed by atoms with E-state index in [1.54, 1.807) is 6.92 Å². The Morgan fingerprint density at radius 3 is 2.59 bits per heavy atom. The Labute approximate surface area is 108 Å². The van der Waals surface area contributed by atoms with Crippen LogP contribution < -0.4 is 5.32 Å². The van der Waals surface area contributed by atoms with Gasteiger partial charge in [-0.3, -0.25) is 0 Å². The minimum absolute atomic E-state index is 0.378. The summed E-state index contributed by atoms with van der Waals surface area (Å²) < 4.78 is 0. The molecule has 17 heavy (non-hydrogen) atoms. The summed E-state index contributed by atoms with van der Waals surface area (Å²) in [5.41, 5.74) is 0.976. The van der Waals surface area contributed by atoms with E-state index in [1.807, 2.05) is 35.2 Å². The molecule has 0 aliphatic heterocycles. The minimum Gasteiger partial charge on any atom is -0.392 e. The van der Waals surface area contributed by atoms with Gasteiger partial charge in [-0.25, -0.2) is 0 Å². The number of nitrogens with zero attached hydrogens (tertiary/aromatic N) is 1. The summed E-state index contributed by atoms with van der Waals surface area (Å²) >= 11 is 5.35. The van der Waals surface area contributed by atoms with Crippen LogP contribution in [-0.4, -0.2) is 34.3 Å². The Bertz CT molecular complexity index is 341. The van der Waals surface area contributed by atoms with Crippen molar-refractivity contribution >= 4 is 23.0 Å². The molecule has 0 heterocycles. The summed E-state index contributed by atoms with van der Waals surface area (Å²) in [7, 11) is 0. The van der Waals surface area contributed by atoms with Crippen molar-refractivity contribution in [1.82, 2.24) is 4.90 Å². The maximum absolute atomic E-state index is 9.44. The quantitative estimate of drug-likeness (QED) is 0.789. The van der Waals surface area contributed by atoms with E-state index in [9.17, 15) is 5.11 Å². The van der Waals surface area contributed by atoms with Crippen LogP contribution in [0, 0.1) is 0 Å². The van der Waals surface area contributed by atoms with Crippen molar-refractivity contribution in [3.05, 3.63) is 30.3 Å². The second-order valence-corrected chi connectivity index (χ2v) is 4.48. The van der Waals surface area contributed by atoms with Gasteiger partial charge in [0.2, 0.25) is 0 Å². The van der Waals surface area contributed by atoms with E-state index >= 15 is 0 Å². The largest absolute Gasteiger partial charge is 0.392 e. The molecule has 1 atom stereocenters. The molecule has 0 aliphatic rings. The highest BCUT2D eigenvalue weighted by Gasteiger charge is 2.11. The second kappa shape index (κ2) is 7.25. The van der Waals surface area contributed by atoms with E-state index in [-0.39, 0.29) is 6.10 Å². The van der Waals surface area contributed by atoms with E-state index in [0.717, 1.165) is 18.7 Å². The van der Waals surface area contributed by atoms with Crippen LogP contribution in [0.5, 0.6) is 0 Å². The first kappa shape index (κ1) is 13.9. The van der Waals surface area contributed by atoms with Gasteiger partial charge in [0.25, 0.3) is 0 Å². The average Bonchev–Trinajstić information content (AvgIpc) is 2.29. The van der Waals surface area contributed by atoms with Gasteiger partial charge < -0.3 is 15.3 Å². The molecule has 2 N–H and O–H groups in total. The van der Waals surface area contributed by atoms with Crippen molar-refractivity contribution in [2.24, 2.45) is 0 Å². The third-order valence-electron chi connectivity index (χ3n) is 2.29. The van der Waals surface area contributed by atoms with Crippen molar-refractivity contribution in [2.75, 3.05) is 18.4 Å². The fraction of sp³-hybridized carbons (Fsp3) is 0.462. The maximum atomic E-state index is 9.44. The predicted octanol–water partition coefficient (Wildman–Crippen LogP) is 2.48. The van der Waals surface area contributed by atoms with E-state index in [2.05, 4.69) is 12.2 Å². The number of anilines is 1. The third kappa shape index (κ3) is 5.15. The number of thiocarbonyl (C=S) groups is 1. The highest BCUT2D eigenvalue weighted by molar-refractivity contribution is 7.80. The number of aliphatic hydroxyl groups is 1. The van der Waals surface area contributed by atoms with Crippen molar-refractivity contribution < 1.29 is 5.11 Å². The smallest absolute Gasteiger partial charge is 0.173 e. The van der Waals surface area contributed by atoms with Gasteiger partial charge >= 0.3 is 0 Å². The zero-order valence-electron chi connectivity index (χ0n) is 10.4. The van der Waals surface area contributed by atoms with Gasteiger partial charge in [0.1, 0.15) is 0 Å². The number of rotatable bonds is 5. The third-order valence-corrected chi connectivity index (χ3v) is 2.65. The van der Waals surface area contributed by atoms with Crippen LogP contribution in [0.4, 0.5) is 5.69 Å². The summed E-state index contributed by atoms with van der Waals surface area (Å²) in [6.07, 6.45) is 0.626. The molecule has 0 fully saturated rings. The predicted molar refractivity (Wildman–Crippen MR) is 76.2 cm³/mol. The van der Waals surface area contributed by atoms with Crippen LogP contribution in [-0.2, 0) is 0 Å². The van der Waals surface area contributed by atoms with Crippen molar-refractivity contribution in [1.29, 1.82) is 0 Å². The van der Waals surface area contributed by atoms with Crippen molar-refractivity contribution in [3.8, 4) is 0 Å². The first-order valence-electron chi connectivity index (χ1n) is 5.92. The van der Waals surface area contributed by atoms with Crippen LogP contribution in [0.1, 0.15) is 20.3 Å². The molecule has 0 saturated heterocycles. The number of hydrogen-bond donors (Lipinski definition) is 2. The molecule has 0 aliphatic carbocycles. The molecule has 3 nitrogen and oxygen atoms in total. The van der Waals surface area contributed by atoms with Crippen LogP contribution in [0.2, 0.25) is 0 Å². The fourth-order valence-electron chi connectivity index (χ4n) is 1.59. The molecule has 1 unspecified atom stereocenters. The zero-order chi connectivity index (χ0) is 12.7. The van der Waals surface area contributed by atoms with E-state index in [4.69, 9.17) is 12.2 Å². The average molecular weight is 252 g/mol. The maximum Gasteiger partial charge on any atom is 0.173 e. The molecule has 94 valence electrons. The molecular weight excluding hydrogens is 232 g/mol. The van der Waals surface area contributed by atoms with Gasteiger partial charge in [-0.05, 0) is 37.7 Å². The Kier molecular flexibility index (Phi) is 5.94. The first-order chi connectivity index (χ1) is 8.13. The zero-order valence-corrected chi connectivity index (χ0v) is 11.2. The summed E-state index contributed by atoms with van der Waals surface area (Å²) in [5.74, 6) is 0. The first-order valence-corrected chi connectivity index (χ1v) is 6.33. The SMILES string of the molecule is CCCN(CC(C)O)C(=S)Nc1ccccc1. The van der Waals surface area contributed by atoms with Crippen molar-refractivity contribution in [3.63, 3.8) is 0 Å². The minimum atomic E-state index is -0.378. The molecule has 0 bridgehead atoms. The topological polar surface area (TPSA) is 35.5 Å². The van der Waals surface area contributed by atoms with Gasteiger partial charge in [0.15, 0.2) is 5.11 Å². The summed E-state index contributed by atoms with van der Waals surface area (Å²) in [6.45, 7) is 5.28. The number of benzene rings is 1. The van der Waals surface area contributed by atoms with E-state index < -0.39 is 0 Å². The number of nitrogens with one attached hydrogen (secondary N) is 1. The van der Waals surface area contributed by atoms with Gasteiger partial charge in [-0.1, -0.05) is 25.1 Å². The summed E-state index contributed by atoms with van der Waals surface area (Å²) in [6, 6.07) is 9.83. The lowest BCUT2D eigenvalue weighted by Crippen LogP contribution is -2.39. The Morgan fingerprint density at radius 1 is 1.41 bits per heavy atom. The Hall–Kier alpha value is -1.13. The molecule has 0 spiro atoms. The molecule has 1 rings (SSSR count). The number of aliphatic hydroxyl groups excluding tert-OH is 1. The van der Waals surface area contributed by atoms with Gasteiger partial charge in [-0.2, -0.15) is 0 Å². The van der Waals surface area contributed by atoms with Crippen LogP contribution in [0.3, 0.4) is 0 Å². The van der Waals surface area contributed by atoms with Gasteiger partial charge in [-0.15, -0.1) is 0 Å². The number of hydrogen-bond acceptors (Lipinski definition) is 2. The molecule has 1 aromatic rings. The van der Waals surface area contributed by atoms with Crippen LogP contribution in [0.15, 0.2) is 30.3 Å². The Balaban J connectivity index is 2.59. The van der Waals surface area contributed by atoms with E-state index in [0.29, 0.717) is 11.7 Å². The molecular formula is C13H20N2OS. The Morgan fingerprint density at radius 2 is 2.06 bits per heavy atom. The normalized spacial score (nSPS) is 11.9. The lowest BCUT2D eigenvalue weighted by molar-refractivity contribution is 0.160. The highest BCUT2D eigenvalue weighted by atomic mass is 32.1. The second-order valence-electron chi connectivity index (χ2n) is 4.09. The number of para-hydroxylation sites is 1. The molecule has 1 aromatic carbocycles. The highest BCUT2D eigenvalue weighted by Crippen LogP contribution is 2.07. The lowest BCUT2D eigenvalue weighted by atomic mass is 10.3. The molecule has 0 amide bonds. The van der Waals surface area contributed by atoms with E-state index in [1.165, 1.54) is 0 Å². The fourth-order valence-corrected chi connectivity index (χ4v) is 1.87. The molecule has 0 saturated carbocycles. The van der Waals surface area contributed by atoms with Gasteiger partial charge in [0.05, 0.1) is 6.10 Å². The van der Waals surface area contributed by atoms with Crippen LogP contribution in [0.25, 0.3) is 0 Å². The standard InChI is InChI=1S/C13H20N2OS/c1-3-9-15(10-11(2)16)13(17)14-12-7-5-4-6-8-12/h4-8,11,16H,3,9-10H2,1-2H3,(H,14,17). The summed E-state index contributed by atoms with van der Waals surface area (Å²) in [5, 5.41) is 13.3. The molecule has 0 radical (unpaired) electrons. The lowest BCUT2D eigenvalue weighted by Gasteiger charge is -2.26. The van der Waals surface area contributed by atoms with Gasteiger partial charge in [0, 0.05) is 18.8 Å². The molecule has 4 heteroatoms. The monoisotopic (exact) mass is 252 g/mol. The molecule has 0 aromatic heterocycles. The van der Waals surface area contributed by atoms with Crippen molar-refractivity contribution in [2.45, 2.75) is 26.4 Å². The van der Waals surface area contributed by atoms with Crippen LogP contribution >= 0.6 is 12.2 Å².